The van der Waals surface area contributed by atoms with Gasteiger partial charge in [-0.3, -0.25) is 9.59 Å². The monoisotopic (exact) mass is 385 g/mol. The molecule has 1 aromatic rings. The minimum Gasteiger partial charge on any atom is -0.460 e. The van der Waals surface area contributed by atoms with Crippen LogP contribution in [0.5, 0.6) is 0 Å². The summed E-state index contributed by atoms with van der Waals surface area (Å²) in [6.45, 7) is 5.08. The van der Waals surface area contributed by atoms with Crippen molar-refractivity contribution in [2.24, 2.45) is 5.41 Å². The number of esters is 1. The molecule has 0 bridgehead atoms. The molecule has 150 valence electrons. The van der Waals surface area contributed by atoms with Gasteiger partial charge >= 0.3 is 12.1 Å². The Morgan fingerprint density at radius 2 is 1.70 bits per heavy atom. The molecule has 1 saturated carbocycles. The average molecular weight is 385 g/mol. The maximum Gasteiger partial charge on any atom is 0.416 e. The fraction of sp³-hybridized carbons (Fsp3) is 0.600. The highest BCUT2D eigenvalue weighted by Crippen LogP contribution is 2.43. The third kappa shape index (κ3) is 5.71. The van der Waals surface area contributed by atoms with Gasteiger partial charge in [0.15, 0.2) is 0 Å². The Balaban J connectivity index is 2.09. The van der Waals surface area contributed by atoms with Crippen LogP contribution < -0.4 is 5.32 Å². The van der Waals surface area contributed by atoms with Gasteiger partial charge < -0.3 is 10.1 Å². The molecular formula is C20H26F3NO3. The first-order valence-electron chi connectivity index (χ1n) is 9.06. The highest BCUT2D eigenvalue weighted by molar-refractivity contribution is 5.86. The number of ether oxygens (including phenoxy) is 1. The van der Waals surface area contributed by atoms with Crippen LogP contribution in [0.2, 0.25) is 0 Å². The number of hydrogen-bond donors (Lipinski definition) is 1. The van der Waals surface area contributed by atoms with E-state index in [-0.39, 0.29) is 17.9 Å². The topological polar surface area (TPSA) is 55.4 Å². The van der Waals surface area contributed by atoms with Crippen LogP contribution in [0.3, 0.4) is 0 Å². The van der Waals surface area contributed by atoms with Crippen molar-refractivity contribution in [2.75, 3.05) is 0 Å². The average Bonchev–Trinajstić information content (AvgIpc) is 2.99. The Morgan fingerprint density at radius 3 is 2.26 bits per heavy atom. The Hall–Kier alpha value is -2.05. The number of amides is 1. The summed E-state index contributed by atoms with van der Waals surface area (Å²) in [6, 6.07) is 5.03. The minimum absolute atomic E-state index is 0.00990. The summed E-state index contributed by atoms with van der Waals surface area (Å²) in [4.78, 5) is 25.0. The van der Waals surface area contributed by atoms with Gasteiger partial charge in [0, 0.05) is 17.5 Å². The van der Waals surface area contributed by atoms with Gasteiger partial charge in [-0.15, -0.1) is 0 Å². The van der Waals surface area contributed by atoms with E-state index >= 15 is 0 Å². The molecule has 1 amide bonds. The number of alkyl halides is 3. The molecule has 0 aromatic heterocycles. The molecule has 7 heteroatoms. The zero-order valence-corrected chi connectivity index (χ0v) is 15.9. The number of halogens is 3. The van der Waals surface area contributed by atoms with E-state index in [9.17, 15) is 22.8 Å². The molecule has 1 N–H and O–H groups in total. The van der Waals surface area contributed by atoms with E-state index in [0.717, 1.165) is 18.9 Å². The largest absolute Gasteiger partial charge is 0.460 e. The SMILES string of the molecule is CC(C)(C)NC(=O)CC1(C(=O)OCc2ccccc2C(F)(F)F)CCCC1. The van der Waals surface area contributed by atoms with Gasteiger partial charge in [0.1, 0.15) is 6.61 Å². The van der Waals surface area contributed by atoms with E-state index in [2.05, 4.69) is 5.32 Å². The highest BCUT2D eigenvalue weighted by atomic mass is 19.4. The summed E-state index contributed by atoms with van der Waals surface area (Å²) in [5.41, 5.74) is -2.29. The highest BCUT2D eigenvalue weighted by Gasteiger charge is 2.45. The van der Waals surface area contributed by atoms with Gasteiger partial charge in [-0.05, 0) is 39.7 Å². The maximum absolute atomic E-state index is 13.1. The molecule has 0 atom stereocenters. The molecule has 0 saturated heterocycles. The van der Waals surface area contributed by atoms with Crippen LogP contribution in [0, 0.1) is 5.41 Å². The lowest BCUT2D eigenvalue weighted by Gasteiger charge is -2.28. The van der Waals surface area contributed by atoms with Gasteiger partial charge in [-0.25, -0.2) is 0 Å². The second kappa shape index (κ2) is 7.90. The summed E-state index contributed by atoms with van der Waals surface area (Å²) in [7, 11) is 0. The molecule has 0 heterocycles. The van der Waals surface area contributed by atoms with E-state index in [1.165, 1.54) is 18.2 Å². The maximum atomic E-state index is 13.1. The predicted molar refractivity (Wildman–Crippen MR) is 94.7 cm³/mol. The molecule has 1 aliphatic carbocycles. The smallest absolute Gasteiger partial charge is 0.416 e. The lowest BCUT2D eigenvalue weighted by Crippen LogP contribution is -2.44. The number of nitrogens with one attached hydrogen (secondary N) is 1. The lowest BCUT2D eigenvalue weighted by molar-refractivity contribution is -0.160. The van der Waals surface area contributed by atoms with Gasteiger partial charge in [0.2, 0.25) is 5.91 Å². The third-order valence-corrected chi connectivity index (χ3v) is 4.69. The standard InChI is InChI=1S/C20H26F3NO3/c1-18(2,3)24-16(25)12-19(10-6-7-11-19)17(26)27-13-14-8-4-5-9-15(14)20(21,22)23/h4-5,8-9H,6-7,10-13H2,1-3H3,(H,24,25). The van der Waals surface area contributed by atoms with Crippen LogP contribution in [-0.4, -0.2) is 17.4 Å². The molecule has 4 nitrogen and oxygen atoms in total. The molecule has 0 aliphatic heterocycles. The number of carbonyl (C=O) groups is 2. The van der Waals surface area contributed by atoms with Gasteiger partial charge in [0.05, 0.1) is 11.0 Å². The van der Waals surface area contributed by atoms with Crippen LogP contribution in [-0.2, 0) is 27.1 Å². The number of rotatable bonds is 5. The Morgan fingerprint density at radius 1 is 1.11 bits per heavy atom. The molecular weight excluding hydrogens is 359 g/mol. The Labute approximate surface area is 157 Å². The summed E-state index contributed by atoms with van der Waals surface area (Å²) in [6.07, 6.45) is -1.94. The number of carbonyl (C=O) groups excluding carboxylic acids is 2. The van der Waals surface area contributed by atoms with Crippen molar-refractivity contribution in [2.45, 2.75) is 71.2 Å². The summed E-state index contributed by atoms with van der Waals surface area (Å²) in [5, 5.41) is 2.83. The Kier molecular flexibility index (Phi) is 6.22. The lowest BCUT2D eigenvalue weighted by atomic mass is 9.82. The van der Waals surface area contributed by atoms with E-state index < -0.39 is 35.3 Å². The van der Waals surface area contributed by atoms with Crippen molar-refractivity contribution in [3.05, 3.63) is 35.4 Å². The number of benzene rings is 1. The summed E-state index contributed by atoms with van der Waals surface area (Å²) >= 11 is 0. The summed E-state index contributed by atoms with van der Waals surface area (Å²) < 4.78 is 44.5. The van der Waals surface area contributed by atoms with Gasteiger partial charge in [-0.1, -0.05) is 31.0 Å². The summed E-state index contributed by atoms with van der Waals surface area (Å²) in [5.74, 6) is -0.849. The molecule has 0 unspecified atom stereocenters. The second-order valence-electron chi connectivity index (χ2n) is 8.19. The van der Waals surface area contributed by atoms with Crippen LogP contribution in [0.1, 0.15) is 64.0 Å². The van der Waals surface area contributed by atoms with Crippen molar-refractivity contribution in [1.82, 2.24) is 5.32 Å². The normalized spacial score (nSPS) is 16.8. The van der Waals surface area contributed by atoms with E-state index in [1.54, 1.807) is 0 Å². The fourth-order valence-corrected chi connectivity index (χ4v) is 3.49. The fourth-order valence-electron chi connectivity index (χ4n) is 3.49. The molecule has 0 spiro atoms. The van der Waals surface area contributed by atoms with Crippen molar-refractivity contribution >= 4 is 11.9 Å². The zero-order valence-electron chi connectivity index (χ0n) is 15.9. The molecule has 2 rings (SSSR count). The molecule has 1 aliphatic rings. The van der Waals surface area contributed by atoms with Crippen LogP contribution in [0.4, 0.5) is 13.2 Å². The van der Waals surface area contributed by atoms with E-state index in [1.807, 2.05) is 20.8 Å². The first-order chi connectivity index (χ1) is 12.4. The van der Waals surface area contributed by atoms with E-state index in [4.69, 9.17) is 4.74 Å². The molecule has 0 radical (unpaired) electrons. The van der Waals surface area contributed by atoms with Crippen molar-refractivity contribution in [3.63, 3.8) is 0 Å². The predicted octanol–water partition coefficient (Wildman–Crippen LogP) is 4.61. The van der Waals surface area contributed by atoms with E-state index in [0.29, 0.717) is 12.8 Å². The molecule has 1 fully saturated rings. The molecule has 27 heavy (non-hydrogen) atoms. The van der Waals surface area contributed by atoms with Crippen molar-refractivity contribution in [3.8, 4) is 0 Å². The first kappa shape index (κ1) is 21.3. The van der Waals surface area contributed by atoms with Crippen molar-refractivity contribution < 1.29 is 27.5 Å². The van der Waals surface area contributed by atoms with Crippen LogP contribution >= 0.6 is 0 Å². The minimum atomic E-state index is -4.51. The Bertz CT molecular complexity index is 686. The zero-order chi connectivity index (χ0) is 20.3. The third-order valence-electron chi connectivity index (χ3n) is 4.69. The van der Waals surface area contributed by atoms with Crippen LogP contribution in [0.25, 0.3) is 0 Å². The molecule has 1 aromatic carbocycles. The second-order valence-corrected chi connectivity index (χ2v) is 8.19. The first-order valence-corrected chi connectivity index (χ1v) is 9.06. The number of hydrogen-bond acceptors (Lipinski definition) is 3. The van der Waals surface area contributed by atoms with Gasteiger partial charge in [0.25, 0.3) is 0 Å². The van der Waals surface area contributed by atoms with Crippen LogP contribution in [0.15, 0.2) is 24.3 Å². The van der Waals surface area contributed by atoms with Gasteiger partial charge in [-0.2, -0.15) is 13.2 Å². The van der Waals surface area contributed by atoms with Crippen molar-refractivity contribution in [1.29, 1.82) is 0 Å². The quantitative estimate of drug-likeness (QED) is 0.753.